The zero-order chi connectivity index (χ0) is 8.85. The molecule has 0 N–H and O–H groups in total. The SMILES string of the molecule is COC(=O)CC[C-](C)[N+](=O)[O-].[Na+]. The van der Waals surface area contributed by atoms with Crippen molar-refractivity contribution in [3.8, 4) is 0 Å². The summed E-state index contributed by atoms with van der Waals surface area (Å²) in [6, 6.07) is 0.0791. The van der Waals surface area contributed by atoms with Crippen molar-refractivity contribution in [3.05, 3.63) is 16.2 Å². The Bertz CT molecular complexity index is 162. The molecule has 0 saturated heterocycles. The molecule has 0 aliphatic heterocycles. The fraction of sp³-hybridized carbons (Fsp3) is 0.667. The Kier molecular flexibility index (Phi) is 8.79. The molecule has 0 aromatic rings. The second kappa shape index (κ2) is 7.39. The van der Waals surface area contributed by atoms with Crippen LogP contribution in [0.25, 0.3) is 0 Å². The Morgan fingerprint density at radius 2 is 2.17 bits per heavy atom. The summed E-state index contributed by atoms with van der Waals surface area (Å²) in [5.41, 5.74) is 0. The van der Waals surface area contributed by atoms with Crippen LogP contribution in [0, 0.1) is 16.2 Å². The van der Waals surface area contributed by atoms with E-state index in [1.165, 1.54) is 14.0 Å². The summed E-state index contributed by atoms with van der Waals surface area (Å²) in [5, 5.41) is 10.0. The molecule has 0 bridgehead atoms. The first kappa shape index (κ1) is 14.3. The minimum atomic E-state index is -0.497. The Morgan fingerprint density at radius 1 is 1.67 bits per heavy atom. The number of carbonyl (C=O) groups excluding carboxylic acids is 1. The van der Waals surface area contributed by atoms with Crippen molar-refractivity contribution < 1.29 is 44.0 Å². The van der Waals surface area contributed by atoms with Crippen molar-refractivity contribution in [3.63, 3.8) is 0 Å². The first-order chi connectivity index (χ1) is 5.07. The maximum absolute atomic E-state index is 10.5. The van der Waals surface area contributed by atoms with Gasteiger partial charge in [0.25, 0.3) is 0 Å². The van der Waals surface area contributed by atoms with E-state index in [4.69, 9.17) is 0 Å². The van der Waals surface area contributed by atoms with E-state index in [9.17, 15) is 14.9 Å². The van der Waals surface area contributed by atoms with Crippen LogP contribution in [0.4, 0.5) is 0 Å². The number of carbonyl (C=O) groups is 1. The second-order valence-corrected chi connectivity index (χ2v) is 2.07. The normalized spacial score (nSPS) is 8.17. The average Bonchev–Trinajstić information content (AvgIpc) is 1.99. The summed E-state index contributed by atoms with van der Waals surface area (Å²) in [6.45, 7) is 1.38. The number of nitrogens with zero attached hydrogens (tertiary/aromatic N) is 1. The third-order valence-electron chi connectivity index (χ3n) is 1.23. The number of esters is 1. The molecule has 0 radical (unpaired) electrons. The number of rotatable bonds is 4. The number of ether oxygens (including phenoxy) is 1. The monoisotopic (exact) mass is 183 g/mol. The van der Waals surface area contributed by atoms with E-state index >= 15 is 0 Å². The van der Waals surface area contributed by atoms with E-state index < -0.39 is 10.9 Å². The van der Waals surface area contributed by atoms with Gasteiger partial charge in [-0.1, -0.05) is 6.42 Å². The molecule has 12 heavy (non-hydrogen) atoms. The Hall–Kier alpha value is -0.260. The largest absolute Gasteiger partial charge is 1.00 e. The standard InChI is InChI=1S/C6H10NO4.Na/c1-5(7(9)10)3-4-6(8)11-2;/h3-4H2,1-2H3;/q-1;+1. The molecule has 0 aliphatic carbocycles. The minimum Gasteiger partial charge on any atom is -0.469 e. The Balaban J connectivity index is 0. The first-order valence-corrected chi connectivity index (χ1v) is 3.11. The molecule has 0 heterocycles. The van der Waals surface area contributed by atoms with Gasteiger partial charge in [0, 0.05) is 6.42 Å². The van der Waals surface area contributed by atoms with Crippen molar-refractivity contribution in [2.75, 3.05) is 7.11 Å². The van der Waals surface area contributed by atoms with Crippen LogP contribution >= 0.6 is 0 Å². The maximum atomic E-state index is 10.5. The Morgan fingerprint density at radius 3 is 2.50 bits per heavy atom. The average molecular weight is 183 g/mol. The van der Waals surface area contributed by atoms with Crippen LogP contribution in [0.2, 0.25) is 0 Å². The summed E-state index contributed by atoms with van der Waals surface area (Å²) in [4.78, 5) is 20.0. The quantitative estimate of drug-likeness (QED) is 0.163. The van der Waals surface area contributed by atoms with Crippen LogP contribution in [0.15, 0.2) is 0 Å². The topological polar surface area (TPSA) is 69.4 Å². The molecule has 0 atom stereocenters. The van der Waals surface area contributed by atoms with Gasteiger partial charge < -0.3 is 4.74 Å². The summed E-state index contributed by atoms with van der Waals surface area (Å²) in [6.07, 6.45) is 0.225. The van der Waals surface area contributed by atoms with Gasteiger partial charge in [0.2, 0.25) is 0 Å². The molecule has 6 heteroatoms. The minimum absolute atomic E-state index is 0. The van der Waals surface area contributed by atoms with Crippen molar-refractivity contribution >= 4 is 5.97 Å². The van der Waals surface area contributed by atoms with Crippen LogP contribution in [0.1, 0.15) is 19.8 Å². The van der Waals surface area contributed by atoms with E-state index in [-0.39, 0.29) is 48.4 Å². The van der Waals surface area contributed by atoms with Crippen LogP contribution in [-0.4, -0.2) is 18.0 Å². The van der Waals surface area contributed by atoms with Crippen molar-refractivity contribution in [1.82, 2.24) is 0 Å². The summed E-state index contributed by atoms with van der Waals surface area (Å²) in [5.74, 6) is -0.425. The van der Waals surface area contributed by atoms with Crippen molar-refractivity contribution in [2.45, 2.75) is 19.8 Å². The van der Waals surface area contributed by atoms with E-state index in [1.807, 2.05) is 0 Å². The van der Waals surface area contributed by atoms with Gasteiger partial charge in [-0.3, -0.25) is 14.9 Å². The fourth-order valence-corrected chi connectivity index (χ4v) is 0.476. The van der Waals surface area contributed by atoms with Gasteiger partial charge in [-0.25, -0.2) is 0 Å². The number of methoxy groups -OCH3 is 1. The van der Waals surface area contributed by atoms with Gasteiger partial charge in [0.1, 0.15) is 0 Å². The summed E-state index contributed by atoms with van der Waals surface area (Å²) in [7, 11) is 1.25. The van der Waals surface area contributed by atoms with Crippen molar-refractivity contribution in [1.29, 1.82) is 0 Å². The maximum Gasteiger partial charge on any atom is 1.00 e. The summed E-state index contributed by atoms with van der Waals surface area (Å²) >= 11 is 0. The van der Waals surface area contributed by atoms with Crippen LogP contribution < -0.4 is 29.6 Å². The molecule has 0 aliphatic rings. The molecule has 64 valence electrons. The zero-order valence-electron chi connectivity index (χ0n) is 7.49. The van der Waals surface area contributed by atoms with Crippen LogP contribution in [-0.2, 0) is 9.53 Å². The molecule has 0 aromatic heterocycles. The molecular formula is C6H10NNaO4. The molecule has 0 amide bonds. The van der Waals surface area contributed by atoms with Gasteiger partial charge >= 0.3 is 35.5 Å². The van der Waals surface area contributed by atoms with E-state index in [0.717, 1.165) is 0 Å². The molecule has 0 spiro atoms. The van der Waals surface area contributed by atoms with Crippen LogP contribution in [0.5, 0.6) is 0 Å². The number of hydrogen-bond acceptors (Lipinski definition) is 4. The second-order valence-electron chi connectivity index (χ2n) is 2.07. The molecule has 0 aromatic carbocycles. The van der Waals surface area contributed by atoms with Gasteiger partial charge in [0.05, 0.1) is 7.11 Å². The van der Waals surface area contributed by atoms with Gasteiger partial charge in [-0.05, 0) is 6.04 Å². The zero-order valence-corrected chi connectivity index (χ0v) is 9.49. The van der Waals surface area contributed by atoms with Gasteiger partial charge in [0.15, 0.2) is 0 Å². The fourth-order valence-electron chi connectivity index (χ4n) is 0.476. The predicted molar refractivity (Wildman–Crippen MR) is 37.2 cm³/mol. The molecule has 0 saturated carbocycles. The third kappa shape index (κ3) is 6.45. The Labute approximate surface area is 92.9 Å². The number of hydrogen-bond donors (Lipinski definition) is 0. The van der Waals surface area contributed by atoms with Gasteiger partial charge in [-0.15, -0.1) is 11.8 Å². The molecule has 0 unspecified atom stereocenters. The van der Waals surface area contributed by atoms with Crippen LogP contribution in [0.3, 0.4) is 0 Å². The van der Waals surface area contributed by atoms with Gasteiger partial charge in [-0.2, -0.15) is 0 Å². The molecule has 0 rings (SSSR count). The first-order valence-electron chi connectivity index (χ1n) is 3.11. The van der Waals surface area contributed by atoms with E-state index in [2.05, 4.69) is 4.74 Å². The molecule has 5 nitrogen and oxygen atoms in total. The van der Waals surface area contributed by atoms with Crippen molar-refractivity contribution in [2.24, 2.45) is 0 Å². The van der Waals surface area contributed by atoms with E-state index in [0.29, 0.717) is 0 Å². The predicted octanol–water partition coefficient (Wildman–Crippen LogP) is -2.23. The number of nitro groups is 1. The molecule has 0 fully saturated rings. The summed E-state index contributed by atoms with van der Waals surface area (Å²) < 4.78 is 4.31. The molecular weight excluding hydrogens is 173 g/mol. The third-order valence-corrected chi connectivity index (χ3v) is 1.23. The smallest absolute Gasteiger partial charge is 0.469 e. The van der Waals surface area contributed by atoms with E-state index in [1.54, 1.807) is 0 Å².